The van der Waals surface area contributed by atoms with E-state index < -0.39 is 0 Å². The Labute approximate surface area is 123 Å². The number of hydrogen-bond donors (Lipinski definition) is 1. The lowest BCUT2D eigenvalue weighted by atomic mass is 10.2. The number of hydrogen-bond acceptors (Lipinski definition) is 3. The average Bonchev–Trinajstić information content (AvgIpc) is 3.13. The lowest BCUT2D eigenvalue weighted by molar-refractivity contribution is 0.266. The Balaban J connectivity index is 1.85. The summed E-state index contributed by atoms with van der Waals surface area (Å²) in [6, 6.07) is 2.23. The lowest BCUT2D eigenvalue weighted by Crippen LogP contribution is -2.25. The third-order valence-electron chi connectivity index (χ3n) is 3.98. The summed E-state index contributed by atoms with van der Waals surface area (Å²) in [7, 11) is 0. The van der Waals surface area contributed by atoms with Crippen molar-refractivity contribution >= 4 is 0 Å². The van der Waals surface area contributed by atoms with Crippen LogP contribution in [0.15, 0.2) is 10.5 Å². The molecule has 0 aliphatic heterocycles. The Morgan fingerprint density at radius 1 is 1.40 bits per heavy atom. The van der Waals surface area contributed by atoms with E-state index in [1.54, 1.807) is 0 Å². The van der Waals surface area contributed by atoms with E-state index in [-0.39, 0.29) is 0 Å². The van der Waals surface area contributed by atoms with Gasteiger partial charge in [0.15, 0.2) is 0 Å². The molecule has 2 rings (SSSR count). The first-order valence-corrected chi connectivity index (χ1v) is 8.09. The molecule has 0 unspecified atom stereocenters. The largest absolute Gasteiger partial charge is 0.465 e. The van der Waals surface area contributed by atoms with Crippen molar-refractivity contribution in [1.82, 2.24) is 10.2 Å². The Morgan fingerprint density at radius 2 is 2.15 bits per heavy atom. The third kappa shape index (κ3) is 4.95. The van der Waals surface area contributed by atoms with E-state index in [0.717, 1.165) is 43.6 Å². The van der Waals surface area contributed by atoms with E-state index in [2.05, 4.69) is 44.0 Å². The van der Waals surface area contributed by atoms with E-state index in [1.165, 1.54) is 24.9 Å². The number of rotatable bonds is 9. The normalized spacial score (nSPS) is 15.5. The van der Waals surface area contributed by atoms with Gasteiger partial charge in [-0.1, -0.05) is 20.8 Å². The highest BCUT2D eigenvalue weighted by Crippen LogP contribution is 2.30. The number of aryl methyl sites for hydroxylation is 1. The highest BCUT2D eigenvalue weighted by molar-refractivity contribution is 5.20. The van der Waals surface area contributed by atoms with Gasteiger partial charge >= 0.3 is 0 Å². The van der Waals surface area contributed by atoms with Crippen molar-refractivity contribution in [3.8, 4) is 0 Å². The summed E-state index contributed by atoms with van der Waals surface area (Å²) in [6.07, 6.45) is 2.84. The summed E-state index contributed by atoms with van der Waals surface area (Å²) in [6.45, 7) is 14.1. The fraction of sp³-hybridized carbons (Fsp3) is 0.765. The monoisotopic (exact) mass is 278 g/mol. The molecule has 0 amide bonds. The Morgan fingerprint density at radius 3 is 2.75 bits per heavy atom. The minimum atomic E-state index is 0.680. The molecule has 1 aliphatic rings. The summed E-state index contributed by atoms with van der Waals surface area (Å²) < 4.78 is 5.87. The molecule has 1 aromatic heterocycles. The maximum Gasteiger partial charge on any atom is 0.118 e. The molecule has 114 valence electrons. The van der Waals surface area contributed by atoms with Crippen LogP contribution in [0.5, 0.6) is 0 Å². The molecule has 0 atom stereocenters. The molecule has 1 aliphatic carbocycles. The van der Waals surface area contributed by atoms with Gasteiger partial charge in [-0.05, 0) is 50.8 Å². The standard InChI is InChI=1S/C17H30N2O/c1-5-19(11-15-6-7-15)12-16-8-17(20-14(16)4)10-18-9-13(2)3/h8,13,15,18H,5-7,9-12H2,1-4H3. The molecule has 3 nitrogen and oxygen atoms in total. The molecular formula is C17H30N2O. The fourth-order valence-corrected chi connectivity index (χ4v) is 2.53. The van der Waals surface area contributed by atoms with E-state index in [9.17, 15) is 0 Å². The van der Waals surface area contributed by atoms with Crippen molar-refractivity contribution in [2.24, 2.45) is 11.8 Å². The first kappa shape index (κ1) is 15.6. The van der Waals surface area contributed by atoms with E-state index in [0.29, 0.717) is 5.92 Å². The van der Waals surface area contributed by atoms with Crippen LogP contribution in [0.25, 0.3) is 0 Å². The molecular weight excluding hydrogens is 248 g/mol. The van der Waals surface area contributed by atoms with Crippen LogP contribution in [-0.2, 0) is 13.1 Å². The zero-order valence-electron chi connectivity index (χ0n) is 13.5. The smallest absolute Gasteiger partial charge is 0.118 e. The SMILES string of the molecule is CCN(Cc1cc(CNCC(C)C)oc1C)CC1CC1. The van der Waals surface area contributed by atoms with E-state index >= 15 is 0 Å². The minimum absolute atomic E-state index is 0.680. The van der Waals surface area contributed by atoms with Crippen molar-refractivity contribution in [2.75, 3.05) is 19.6 Å². The van der Waals surface area contributed by atoms with Crippen LogP contribution in [-0.4, -0.2) is 24.5 Å². The van der Waals surface area contributed by atoms with Gasteiger partial charge in [-0.2, -0.15) is 0 Å². The molecule has 0 spiro atoms. The van der Waals surface area contributed by atoms with Crippen LogP contribution in [0.4, 0.5) is 0 Å². The summed E-state index contributed by atoms with van der Waals surface area (Å²) in [5.41, 5.74) is 1.36. The predicted octanol–water partition coefficient (Wildman–Crippen LogP) is 3.57. The van der Waals surface area contributed by atoms with Crippen LogP contribution in [0.2, 0.25) is 0 Å². The Kier molecular flexibility index (Phi) is 5.67. The highest BCUT2D eigenvalue weighted by Gasteiger charge is 2.24. The van der Waals surface area contributed by atoms with Gasteiger partial charge in [0.25, 0.3) is 0 Å². The molecule has 3 heteroatoms. The molecule has 0 bridgehead atoms. The molecule has 1 heterocycles. The van der Waals surface area contributed by atoms with Gasteiger partial charge in [-0.15, -0.1) is 0 Å². The van der Waals surface area contributed by atoms with Gasteiger partial charge in [-0.25, -0.2) is 0 Å². The molecule has 1 saturated carbocycles. The molecule has 1 aromatic rings. The zero-order chi connectivity index (χ0) is 14.5. The van der Waals surface area contributed by atoms with E-state index in [1.807, 2.05) is 0 Å². The predicted molar refractivity (Wildman–Crippen MR) is 83.7 cm³/mol. The van der Waals surface area contributed by atoms with Gasteiger partial charge in [0.2, 0.25) is 0 Å². The van der Waals surface area contributed by atoms with Crippen LogP contribution in [0, 0.1) is 18.8 Å². The van der Waals surface area contributed by atoms with Gasteiger partial charge < -0.3 is 9.73 Å². The van der Waals surface area contributed by atoms with Gasteiger partial charge in [0, 0.05) is 18.7 Å². The Hall–Kier alpha value is -0.800. The second kappa shape index (κ2) is 7.28. The molecule has 20 heavy (non-hydrogen) atoms. The summed E-state index contributed by atoms with van der Waals surface area (Å²) in [5, 5.41) is 3.44. The molecule has 1 N–H and O–H groups in total. The van der Waals surface area contributed by atoms with Gasteiger partial charge in [0.05, 0.1) is 6.54 Å². The quantitative estimate of drug-likeness (QED) is 0.748. The van der Waals surface area contributed by atoms with Crippen LogP contribution in [0.3, 0.4) is 0 Å². The third-order valence-corrected chi connectivity index (χ3v) is 3.98. The molecule has 0 radical (unpaired) electrons. The van der Waals surface area contributed by atoms with Crippen molar-refractivity contribution in [3.05, 3.63) is 23.2 Å². The second-order valence-electron chi connectivity index (χ2n) is 6.59. The molecule has 1 fully saturated rings. The minimum Gasteiger partial charge on any atom is -0.465 e. The topological polar surface area (TPSA) is 28.4 Å². The van der Waals surface area contributed by atoms with Crippen LogP contribution < -0.4 is 5.32 Å². The molecule has 0 aromatic carbocycles. The molecule has 0 saturated heterocycles. The maximum absolute atomic E-state index is 5.87. The number of nitrogens with zero attached hydrogens (tertiary/aromatic N) is 1. The van der Waals surface area contributed by atoms with Crippen LogP contribution in [0.1, 0.15) is 50.7 Å². The Bertz CT molecular complexity index is 407. The first-order valence-electron chi connectivity index (χ1n) is 8.09. The number of furan rings is 1. The van der Waals surface area contributed by atoms with E-state index in [4.69, 9.17) is 4.42 Å². The van der Waals surface area contributed by atoms with Crippen molar-refractivity contribution in [2.45, 2.75) is 53.6 Å². The summed E-state index contributed by atoms with van der Waals surface area (Å²) in [4.78, 5) is 2.54. The van der Waals surface area contributed by atoms with Crippen LogP contribution >= 0.6 is 0 Å². The van der Waals surface area contributed by atoms with Crippen molar-refractivity contribution < 1.29 is 4.42 Å². The van der Waals surface area contributed by atoms with Crippen molar-refractivity contribution in [3.63, 3.8) is 0 Å². The lowest BCUT2D eigenvalue weighted by Gasteiger charge is -2.19. The highest BCUT2D eigenvalue weighted by atomic mass is 16.3. The summed E-state index contributed by atoms with van der Waals surface area (Å²) in [5.74, 6) is 3.79. The van der Waals surface area contributed by atoms with Gasteiger partial charge in [0.1, 0.15) is 11.5 Å². The average molecular weight is 278 g/mol. The summed E-state index contributed by atoms with van der Waals surface area (Å²) >= 11 is 0. The maximum atomic E-state index is 5.87. The first-order chi connectivity index (χ1) is 9.58. The van der Waals surface area contributed by atoms with Gasteiger partial charge in [-0.3, -0.25) is 4.90 Å². The number of nitrogens with one attached hydrogen (secondary N) is 1. The second-order valence-corrected chi connectivity index (χ2v) is 6.59. The fourth-order valence-electron chi connectivity index (χ4n) is 2.53. The zero-order valence-corrected chi connectivity index (χ0v) is 13.5. The van der Waals surface area contributed by atoms with Crippen molar-refractivity contribution in [1.29, 1.82) is 0 Å².